The van der Waals surface area contributed by atoms with Gasteiger partial charge in [0.15, 0.2) is 0 Å². The zero-order valence-corrected chi connectivity index (χ0v) is 15.5. The Morgan fingerprint density at radius 2 is 1.58 bits per heavy atom. The molecule has 0 aliphatic heterocycles. The molecule has 0 bridgehead atoms. The molecule has 3 amide bonds. The molecular weight excluding hydrogens is 338 g/mol. The molecule has 0 spiro atoms. The lowest BCUT2D eigenvalue weighted by atomic mass is 10.2. The quantitative estimate of drug-likeness (QED) is 0.611. The van der Waals surface area contributed by atoms with Crippen molar-refractivity contribution < 1.29 is 23.9 Å². The molecule has 1 rings (SSSR count). The second-order valence-electron chi connectivity index (χ2n) is 6.55. The molecule has 0 heterocycles. The van der Waals surface area contributed by atoms with Crippen molar-refractivity contribution in [2.75, 3.05) is 19.6 Å². The molecule has 0 saturated heterocycles. The summed E-state index contributed by atoms with van der Waals surface area (Å²) in [6.45, 7) is 6.00. The van der Waals surface area contributed by atoms with Gasteiger partial charge >= 0.3 is 12.2 Å². The summed E-state index contributed by atoms with van der Waals surface area (Å²) in [6.07, 6.45) is -0.610. The van der Waals surface area contributed by atoms with Gasteiger partial charge in [-0.15, -0.1) is 0 Å². The average molecular weight is 365 g/mol. The van der Waals surface area contributed by atoms with Crippen molar-refractivity contribution in [1.82, 2.24) is 16.0 Å². The summed E-state index contributed by atoms with van der Waals surface area (Å²) >= 11 is 0. The Balaban J connectivity index is 2.03. The predicted molar refractivity (Wildman–Crippen MR) is 96.5 cm³/mol. The molecule has 0 atom stereocenters. The van der Waals surface area contributed by atoms with Crippen LogP contribution in [0, 0.1) is 0 Å². The van der Waals surface area contributed by atoms with Crippen LogP contribution >= 0.6 is 0 Å². The molecule has 26 heavy (non-hydrogen) atoms. The van der Waals surface area contributed by atoms with Gasteiger partial charge in [-0.3, -0.25) is 4.79 Å². The van der Waals surface area contributed by atoms with Crippen LogP contribution in [0.5, 0.6) is 0 Å². The second kappa shape index (κ2) is 11.0. The molecule has 0 aliphatic carbocycles. The molecular formula is C18H27N3O5. The predicted octanol–water partition coefficient (Wildman–Crippen LogP) is 1.94. The van der Waals surface area contributed by atoms with Crippen LogP contribution in [-0.2, 0) is 20.9 Å². The van der Waals surface area contributed by atoms with E-state index in [1.54, 1.807) is 20.8 Å². The minimum atomic E-state index is -0.643. The Hall–Kier alpha value is -2.77. The van der Waals surface area contributed by atoms with Gasteiger partial charge in [0.2, 0.25) is 5.91 Å². The van der Waals surface area contributed by atoms with E-state index in [-0.39, 0.29) is 19.1 Å². The molecule has 8 heteroatoms. The second-order valence-corrected chi connectivity index (χ2v) is 6.55. The molecule has 1 aromatic rings. The summed E-state index contributed by atoms with van der Waals surface area (Å²) in [5.41, 5.74) is 0.300. The van der Waals surface area contributed by atoms with Gasteiger partial charge in [0.05, 0.1) is 6.54 Å². The van der Waals surface area contributed by atoms with Gasteiger partial charge in [-0.2, -0.15) is 0 Å². The Kier molecular flexibility index (Phi) is 8.97. The summed E-state index contributed by atoms with van der Waals surface area (Å²) in [6, 6.07) is 9.37. The molecule has 0 aromatic heterocycles. The van der Waals surface area contributed by atoms with E-state index in [2.05, 4.69) is 16.0 Å². The topological polar surface area (TPSA) is 106 Å². The molecule has 1 aromatic carbocycles. The first-order chi connectivity index (χ1) is 12.3. The van der Waals surface area contributed by atoms with Crippen molar-refractivity contribution in [3.63, 3.8) is 0 Å². The fourth-order valence-electron chi connectivity index (χ4n) is 1.81. The zero-order valence-electron chi connectivity index (χ0n) is 15.5. The van der Waals surface area contributed by atoms with Gasteiger partial charge < -0.3 is 25.4 Å². The first-order valence-electron chi connectivity index (χ1n) is 8.44. The van der Waals surface area contributed by atoms with E-state index >= 15 is 0 Å². The highest BCUT2D eigenvalue weighted by atomic mass is 16.6. The molecule has 3 N–H and O–H groups in total. The number of hydrogen-bond donors (Lipinski definition) is 3. The van der Waals surface area contributed by atoms with Gasteiger partial charge in [0, 0.05) is 13.1 Å². The Bertz CT molecular complexity index is 584. The van der Waals surface area contributed by atoms with Crippen molar-refractivity contribution in [2.24, 2.45) is 0 Å². The fraction of sp³-hybridized carbons (Fsp3) is 0.500. The number of amides is 3. The van der Waals surface area contributed by atoms with E-state index in [0.29, 0.717) is 19.5 Å². The minimum absolute atomic E-state index is 0.165. The number of benzene rings is 1. The summed E-state index contributed by atoms with van der Waals surface area (Å²) in [5, 5.41) is 7.60. The lowest BCUT2D eigenvalue weighted by molar-refractivity contribution is -0.120. The van der Waals surface area contributed by atoms with Gasteiger partial charge in [-0.25, -0.2) is 9.59 Å². The number of carbonyl (C=O) groups excluding carboxylic acids is 3. The van der Waals surface area contributed by atoms with E-state index in [9.17, 15) is 14.4 Å². The van der Waals surface area contributed by atoms with Crippen molar-refractivity contribution >= 4 is 18.1 Å². The third kappa shape index (κ3) is 10.9. The highest BCUT2D eigenvalue weighted by molar-refractivity contribution is 5.82. The Morgan fingerprint density at radius 3 is 2.23 bits per heavy atom. The number of ether oxygens (including phenoxy) is 2. The maximum Gasteiger partial charge on any atom is 0.408 e. The summed E-state index contributed by atoms with van der Waals surface area (Å²) in [5.74, 6) is -0.331. The lowest BCUT2D eigenvalue weighted by Crippen LogP contribution is -2.40. The molecule has 144 valence electrons. The van der Waals surface area contributed by atoms with Gasteiger partial charge in [-0.1, -0.05) is 30.3 Å². The normalized spacial score (nSPS) is 10.6. The number of nitrogens with one attached hydrogen (secondary N) is 3. The van der Waals surface area contributed by atoms with Crippen LogP contribution < -0.4 is 16.0 Å². The largest absolute Gasteiger partial charge is 0.445 e. The third-order valence-electron chi connectivity index (χ3n) is 2.95. The van der Waals surface area contributed by atoms with Crippen molar-refractivity contribution in [3.05, 3.63) is 35.9 Å². The van der Waals surface area contributed by atoms with Crippen LogP contribution in [-0.4, -0.2) is 43.3 Å². The number of alkyl carbamates (subject to hydrolysis) is 2. The summed E-state index contributed by atoms with van der Waals surface area (Å²) in [7, 11) is 0. The number of hydrogen-bond acceptors (Lipinski definition) is 5. The smallest absolute Gasteiger partial charge is 0.408 e. The van der Waals surface area contributed by atoms with Crippen LogP contribution in [0.25, 0.3) is 0 Å². The SMILES string of the molecule is CC(C)(C)OC(=O)NCC(=O)NCCCNC(=O)OCc1ccccc1. The maximum atomic E-state index is 11.6. The Morgan fingerprint density at radius 1 is 0.923 bits per heavy atom. The van der Waals surface area contributed by atoms with E-state index in [4.69, 9.17) is 9.47 Å². The van der Waals surface area contributed by atoms with Crippen molar-refractivity contribution in [3.8, 4) is 0 Å². The van der Waals surface area contributed by atoms with E-state index in [1.165, 1.54) is 0 Å². The van der Waals surface area contributed by atoms with Crippen molar-refractivity contribution in [2.45, 2.75) is 39.4 Å². The van der Waals surface area contributed by atoms with Gasteiger partial charge in [0.25, 0.3) is 0 Å². The molecule has 8 nitrogen and oxygen atoms in total. The highest BCUT2D eigenvalue weighted by Gasteiger charge is 2.16. The summed E-state index contributed by atoms with van der Waals surface area (Å²) < 4.78 is 10.1. The van der Waals surface area contributed by atoms with E-state index in [0.717, 1.165) is 5.56 Å². The zero-order chi connectivity index (χ0) is 19.4. The van der Waals surface area contributed by atoms with Crippen LogP contribution in [0.4, 0.5) is 9.59 Å². The lowest BCUT2D eigenvalue weighted by Gasteiger charge is -2.19. The number of carbonyl (C=O) groups is 3. The van der Waals surface area contributed by atoms with E-state index < -0.39 is 17.8 Å². The van der Waals surface area contributed by atoms with E-state index in [1.807, 2.05) is 30.3 Å². The summed E-state index contributed by atoms with van der Waals surface area (Å²) in [4.78, 5) is 34.5. The van der Waals surface area contributed by atoms with Crippen molar-refractivity contribution in [1.29, 1.82) is 0 Å². The highest BCUT2D eigenvalue weighted by Crippen LogP contribution is 2.06. The van der Waals surface area contributed by atoms with Gasteiger partial charge in [-0.05, 0) is 32.8 Å². The maximum absolute atomic E-state index is 11.6. The third-order valence-corrected chi connectivity index (χ3v) is 2.95. The molecule has 0 unspecified atom stereocenters. The number of rotatable bonds is 8. The van der Waals surface area contributed by atoms with Crippen LogP contribution in [0.3, 0.4) is 0 Å². The fourth-order valence-corrected chi connectivity index (χ4v) is 1.81. The molecule has 0 saturated carbocycles. The molecule has 0 fully saturated rings. The standard InChI is InChI=1S/C18H27N3O5/c1-18(2,3)26-17(24)21-12-15(22)19-10-7-11-20-16(23)25-13-14-8-5-4-6-9-14/h4-6,8-9H,7,10-13H2,1-3H3,(H,19,22)(H,20,23)(H,21,24). The molecule has 0 aliphatic rings. The monoisotopic (exact) mass is 365 g/mol. The van der Waals surface area contributed by atoms with Crippen LogP contribution in [0.15, 0.2) is 30.3 Å². The van der Waals surface area contributed by atoms with Crippen LogP contribution in [0.2, 0.25) is 0 Å². The minimum Gasteiger partial charge on any atom is -0.445 e. The first kappa shape index (κ1) is 21.3. The first-order valence-corrected chi connectivity index (χ1v) is 8.44. The Labute approximate surface area is 153 Å². The van der Waals surface area contributed by atoms with Gasteiger partial charge in [0.1, 0.15) is 12.2 Å². The molecule has 0 radical (unpaired) electrons. The van der Waals surface area contributed by atoms with Crippen LogP contribution in [0.1, 0.15) is 32.8 Å². The average Bonchev–Trinajstić information content (AvgIpc) is 2.57.